The highest BCUT2D eigenvalue weighted by molar-refractivity contribution is 5.97. The van der Waals surface area contributed by atoms with Crippen molar-refractivity contribution in [3.8, 4) is 0 Å². The van der Waals surface area contributed by atoms with Crippen LogP contribution in [0.5, 0.6) is 0 Å². The third kappa shape index (κ3) is 5.04. The first kappa shape index (κ1) is 33.6. The lowest BCUT2D eigenvalue weighted by atomic mass is 9.39. The molecule has 0 bridgehead atoms. The number of hydrogen-bond acceptors (Lipinski definition) is 8. The SMILES string of the molecule is CC(=O)OC(C)(C)/C=C/C(=O)[C@](C)(O)[C@@H]1[C@H](O)C[C@]2(C)[C@@H]3CC=C(C(C)(C)C(=O)O)[C@H](CC(=O)O)[C@@]3(C)C(=O)C[C@@]12C. The van der Waals surface area contributed by atoms with E-state index in [-0.39, 0.29) is 25.0 Å². The van der Waals surface area contributed by atoms with Gasteiger partial charge in [0, 0.05) is 30.6 Å². The summed E-state index contributed by atoms with van der Waals surface area (Å²) in [5.41, 5.74) is -7.36. The summed E-state index contributed by atoms with van der Waals surface area (Å²) in [5, 5.41) is 43.1. The lowest BCUT2D eigenvalue weighted by Crippen LogP contribution is -2.64. The first-order chi connectivity index (χ1) is 18.9. The number of rotatable bonds is 9. The molecule has 8 atom stereocenters. The van der Waals surface area contributed by atoms with E-state index in [9.17, 15) is 44.4 Å². The van der Waals surface area contributed by atoms with Crippen molar-refractivity contribution >= 4 is 29.5 Å². The average molecular weight is 591 g/mol. The van der Waals surface area contributed by atoms with Gasteiger partial charge in [-0.3, -0.25) is 24.0 Å². The van der Waals surface area contributed by atoms with E-state index in [1.807, 2.05) is 6.92 Å². The molecule has 3 aliphatic rings. The Hall–Kier alpha value is -2.85. The molecule has 3 aliphatic carbocycles. The molecule has 2 saturated carbocycles. The summed E-state index contributed by atoms with van der Waals surface area (Å²) in [6.07, 6.45) is 2.95. The van der Waals surface area contributed by atoms with Crippen LogP contribution in [0.25, 0.3) is 0 Å². The third-order valence-electron chi connectivity index (χ3n) is 11.1. The highest BCUT2D eigenvalue weighted by Crippen LogP contribution is 2.73. The van der Waals surface area contributed by atoms with Crippen LogP contribution < -0.4 is 0 Å². The number of allylic oxidation sites excluding steroid dienone is 1. The Balaban J connectivity index is 2.12. The average Bonchev–Trinajstić information content (AvgIpc) is 3.02. The van der Waals surface area contributed by atoms with E-state index in [0.29, 0.717) is 5.57 Å². The zero-order chi connectivity index (χ0) is 32.4. The first-order valence-electron chi connectivity index (χ1n) is 14.4. The standard InChI is InChI=1S/C32H46O10/c1-17(33)42-27(2,3)13-12-22(35)32(9,41)25-20(34)15-29(6)21-11-10-18(28(4,5)26(39)40)19(14-24(37)38)31(21,8)23(36)16-30(25,29)7/h10,12-13,19-21,25,34,41H,11,14-16H2,1-9H3,(H,37,38)(H,39,40)/b13-12+/t19-,20+,21-,25+,29+,30-,31+,32-/m0/s1. The smallest absolute Gasteiger partial charge is 0.313 e. The summed E-state index contributed by atoms with van der Waals surface area (Å²) >= 11 is 0. The molecular formula is C32H46O10. The number of fused-ring (bicyclic) bond motifs is 3. The van der Waals surface area contributed by atoms with Crippen molar-refractivity contribution in [3.63, 3.8) is 0 Å². The minimum Gasteiger partial charge on any atom is -0.481 e. The van der Waals surface area contributed by atoms with Gasteiger partial charge in [-0.05, 0) is 76.4 Å². The fourth-order valence-electron chi connectivity index (χ4n) is 8.76. The molecule has 0 aromatic rings. The molecule has 0 aromatic carbocycles. The highest BCUT2D eigenvalue weighted by atomic mass is 16.6. The molecule has 0 spiro atoms. The van der Waals surface area contributed by atoms with E-state index < -0.39 is 86.8 Å². The molecule has 2 fully saturated rings. The molecule has 3 rings (SSSR count). The van der Waals surface area contributed by atoms with Crippen LogP contribution in [0.2, 0.25) is 0 Å². The number of carboxylic acids is 2. The van der Waals surface area contributed by atoms with Crippen molar-refractivity contribution in [1.82, 2.24) is 0 Å². The summed E-state index contributed by atoms with van der Waals surface area (Å²) in [7, 11) is 0. The van der Waals surface area contributed by atoms with E-state index in [0.717, 1.165) is 6.08 Å². The summed E-state index contributed by atoms with van der Waals surface area (Å²) in [5.74, 6) is -6.23. The second kappa shape index (κ2) is 10.4. The normalized spacial score (nSPS) is 36.5. The molecule has 234 valence electrons. The summed E-state index contributed by atoms with van der Waals surface area (Å²) in [4.78, 5) is 63.5. The monoisotopic (exact) mass is 590 g/mol. The van der Waals surface area contributed by atoms with Gasteiger partial charge >= 0.3 is 17.9 Å². The summed E-state index contributed by atoms with van der Waals surface area (Å²) in [6.45, 7) is 14.2. The van der Waals surface area contributed by atoms with Crippen LogP contribution in [-0.2, 0) is 28.7 Å². The van der Waals surface area contributed by atoms with Crippen LogP contribution in [0.3, 0.4) is 0 Å². The molecule has 0 aliphatic heterocycles. The summed E-state index contributed by atoms with van der Waals surface area (Å²) < 4.78 is 5.20. The zero-order valence-electron chi connectivity index (χ0n) is 26.1. The Morgan fingerprint density at radius 3 is 2.12 bits per heavy atom. The van der Waals surface area contributed by atoms with Crippen molar-refractivity contribution in [2.75, 3.05) is 0 Å². The van der Waals surface area contributed by atoms with Gasteiger partial charge in [0.05, 0.1) is 17.9 Å². The van der Waals surface area contributed by atoms with Crippen molar-refractivity contribution < 1.29 is 49.1 Å². The second-order valence-electron chi connectivity index (χ2n) is 14.5. The number of carbonyl (C=O) groups is 5. The Morgan fingerprint density at radius 1 is 1.05 bits per heavy atom. The molecule has 10 nitrogen and oxygen atoms in total. The van der Waals surface area contributed by atoms with Gasteiger partial charge in [-0.1, -0.05) is 32.4 Å². The second-order valence-corrected chi connectivity index (χ2v) is 14.5. The molecular weight excluding hydrogens is 544 g/mol. The number of ketones is 2. The van der Waals surface area contributed by atoms with E-state index in [4.69, 9.17) is 4.74 Å². The van der Waals surface area contributed by atoms with Gasteiger partial charge in [-0.15, -0.1) is 0 Å². The van der Waals surface area contributed by atoms with Crippen LogP contribution in [0.4, 0.5) is 0 Å². The minimum atomic E-state index is -2.09. The number of aliphatic hydroxyl groups excluding tert-OH is 1. The number of esters is 1. The molecule has 4 N–H and O–H groups in total. The van der Waals surface area contributed by atoms with Crippen LogP contribution in [0, 0.1) is 39.4 Å². The fourth-order valence-corrected chi connectivity index (χ4v) is 8.76. The van der Waals surface area contributed by atoms with Crippen molar-refractivity contribution in [2.24, 2.45) is 39.4 Å². The van der Waals surface area contributed by atoms with Crippen LogP contribution >= 0.6 is 0 Å². The number of hydrogen-bond donors (Lipinski definition) is 4. The van der Waals surface area contributed by atoms with Crippen molar-refractivity contribution in [2.45, 2.75) is 105 Å². The Bertz CT molecular complexity index is 1260. The van der Waals surface area contributed by atoms with E-state index in [1.165, 1.54) is 33.8 Å². The van der Waals surface area contributed by atoms with Gasteiger partial charge in [-0.2, -0.15) is 0 Å². The third-order valence-corrected chi connectivity index (χ3v) is 11.1. The Morgan fingerprint density at radius 2 is 1.62 bits per heavy atom. The number of carbonyl (C=O) groups excluding carboxylic acids is 3. The molecule has 0 unspecified atom stereocenters. The molecule has 0 heterocycles. The number of aliphatic carboxylic acids is 2. The molecule has 0 radical (unpaired) electrons. The van der Waals surface area contributed by atoms with E-state index in [1.54, 1.807) is 33.8 Å². The number of Topliss-reactive ketones (excluding diaryl/α,β-unsaturated/α-hetero) is 1. The fraction of sp³-hybridized carbons (Fsp3) is 0.719. The quantitative estimate of drug-likeness (QED) is 0.176. The van der Waals surface area contributed by atoms with Gasteiger partial charge in [0.15, 0.2) is 5.78 Å². The molecule has 0 saturated heterocycles. The van der Waals surface area contributed by atoms with Crippen LogP contribution in [0.15, 0.2) is 23.8 Å². The van der Waals surface area contributed by atoms with Gasteiger partial charge in [0.25, 0.3) is 0 Å². The van der Waals surface area contributed by atoms with Gasteiger partial charge < -0.3 is 25.2 Å². The lowest BCUT2D eigenvalue weighted by Gasteiger charge is -2.63. The van der Waals surface area contributed by atoms with Gasteiger partial charge in [0.1, 0.15) is 17.0 Å². The minimum absolute atomic E-state index is 0.138. The number of carboxylic acid groups (broad SMARTS) is 2. The Labute approximate surface area is 247 Å². The van der Waals surface area contributed by atoms with Crippen molar-refractivity contribution in [3.05, 3.63) is 23.8 Å². The van der Waals surface area contributed by atoms with Gasteiger partial charge in [-0.25, -0.2) is 0 Å². The van der Waals surface area contributed by atoms with Crippen LogP contribution in [-0.4, -0.2) is 67.2 Å². The van der Waals surface area contributed by atoms with Gasteiger partial charge in [0.2, 0.25) is 0 Å². The van der Waals surface area contributed by atoms with Crippen LogP contribution in [0.1, 0.15) is 88.0 Å². The molecule has 10 heteroatoms. The van der Waals surface area contributed by atoms with E-state index in [2.05, 4.69) is 0 Å². The summed E-state index contributed by atoms with van der Waals surface area (Å²) in [6, 6.07) is 0. The maximum Gasteiger partial charge on any atom is 0.313 e. The maximum absolute atomic E-state index is 14.3. The lowest BCUT2D eigenvalue weighted by molar-refractivity contribution is -0.182. The molecule has 0 aromatic heterocycles. The molecule has 0 amide bonds. The largest absolute Gasteiger partial charge is 0.481 e. The number of aliphatic hydroxyl groups is 2. The predicted octanol–water partition coefficient (Wildman–Crippen LogP) is 3.72. The maximum atomic E-state index is 14.3. The topological polar surface area (TPSA) is 176 Å². The van der Waals surface area contributed by atoms with Crippen molar-refractivity contribution in [1.29, 1.82) is 0 Å². The zero-order valence-corrected chi connectivity index (χ0v) is 26.1. The highest BCUT2D eigenvalue weighted by Gasteiger charge is 2.74. The number of ether oxygens (including phenoxy) is 1. The first-order valence-corrected chi connectivity index (χ1v) is 14.4. The predicted molar refractivity (Wildman–Crippen MR) is 152 cm³/mol. The van der Waals surface area contributed by atoms with E-state index >= 15 is 0 Å². The Kier molecular flexibility index (Phi) is 8.33. The molecule has 42 heavy (non-hydrogen) atoms.